The molecule has 0 saturated carbocycles. The van der Waals surface area contributed by atoms with Crippen LogP contribution in [0.4, 0.5) is 4.79 Å². The van der Waals surface area contributed by atoms with E-state index in [1.807, 2.05) is 12.3 Å². The Morgan fingerprint density at radius 1 is 1.53 bits per heavy atom. The molecule has 106 valence electrons. The lowest BCUT2D eigenvalue weighted by Gasteiger charge is -2.22. The number of nitrogens with zero attached hydrogens (tertiary/aromatic N) is 2. The van der Waals surface area contributed by atoms with E-state index in [-0.39, 0.29) is 6.03 Å². The quantitative estimate of drug-likeness (QED) is 0.862. The molecule has 0 radical (unpaired) electrons. The van der Waals surface area contributed by atoms with Gasteiger partial charge in [-0.05, 0) is 20.8 Å². The van der Waals surface area contributed by atoms with Crippen LogP contribution in [0.5, 0.6) is 0 Å². The first-order chi connectivity index (χ1) is 8.81. The maximum absolute atomic E-state index is 11.9. The van der Waals surface area contributed by atoms with Gasteiger partial charge in [0.25, 0.3) is 0 Å². The molecule has 0 aliphatic rings. The summed E-state index contributed by atoms with van der Waals surface area (Å²) in [5, 5.41) is 14.4. The number of hydrogen-bond donors (Lipinski definition) is 2. The second-order valence-electron chi connectivity index (χ2n) is 4.58. The average molecular weight is 285 g/mol. The van der Waals surface area contributed by atoms with Gasteiger partial charge in [-0.1, -0.05) is 0 Å². The standard InChI is InChI=1S/C12H19N3O3S/c1-7(11(16)17)8(2)13-12(18)15(4)5-10-6-19-9(3)14-10/h6-8H,5H2,1-4H3,(H,13,18)(H,16,17). The van der Waals surface area contributed by atoms with Crippen molar-refractivity contribution < 1.29 is 14.7 Å². The number of carboxylic acid groups (broad SMARTS) is 1. The minimum atomic E-state index is -0.925. The number of rotatable bonds is 5. The van der Waals surface area contributed by atoms with Gasteiger partial charge in [-0.2, -0.15) is 0 Å². The number of urea groups is 1. The molecule has 1 aromatic rings. The molecule has 0 saturated heterocycles. The highest BCUT2D eigenvalue weighted by Gasteiger charge is 2.22. The normalized spacial score (nSPS) is 13.7. The molecule has 1 aromatic heterocycles. The van der Waals surface area contributed by atoms with Gasteiger partial charge in [-0.3, -0.25) is 4.79 Å². The summed E-state index contributed by atoms with van der Waals surface area (Å²) in [7, 11) is 1.65. The van der Waals surface area contributed by atoms with Gasteiger partial charge in [-0.25, -0.2) is 9.78 Å². The van der Waals surface area contributed by atoms with Crippen molar-refractivity contribution in [2.75, 3.05) is 7.05 Å². The lowest BCUT2D eigenvalue weighted by Crippen LogP contribution is -2.45. The molecule has 1 rings (SSSR count). The van der Waals surface area contributed by atoms with Gasteiger partial charge < -0.3 is 15.3 Å². The Morgan fingerprint density at radius 2 is 2.16 bits per heavy atom. The third-order valence-corrected chi connectivity index (χ3v) is 3.73. The van der Waals surface area contributed by atoms with E-state index >= 15 is 0 Å². The molecule has 0 aliphatic heterocycles. The average Bonchev–Trinajstić information content (AvgIpc) is 2.73. The molecule has 6 nitrogen and oxygen atoms in total. The fourth-order valence-corrected chi connectivity index (χ4v) is 2.04. The van der Waals surface area contributed by atoms with Gasteiger partial charge in [0.2, 0.25) is 0 Å². The summed E-state index contributed by atoms with van der Waals surface area (Å²) < 4.78 is 0. The Labute approximate surface area is 116 Å². The minimum Gasteiger partial charge on any atom is -0.481 e. The summed E-state index contributed by atoms with van der Waals surface area (Å²) in [4.78, 5) is 28.5. The highest BCUT2D eigenvalue weighted by Crippen LogP contribution is 2.10. The summed E-state index contributed by atoms with van der Waals surface area (Å²) in [5.74, 6) is -1.55. The first-order valence-electron chi connectivity index (χ1n) is 5.96. The Morgan fingerprint density at radius 3 is 2.63 bits per heavy atom. The van der Waals surface area contributed by atoms with Gasteiger partial charge in [0, 0.05) is 18.5 Å². The fraction of sp³-hybridized carbons (Fsp3) is 0.583. The van der Waals surface area contributed by atoms with Gasteiger partial charge in [0.15, 0.2) is 0 Å². The summed E-state index contributed by atoms with van der Waals surface area (Å²) in [6.07, 6.45) is 0. The lowest BCUT2D eigenvalue weighted by molar-refractivity contribution is -0.141. The predicted octanol–water partition coefficient (Wildman–Crippen LogP) is 1.70. The maximum Gasteiger partial charge on any atom is 0.317 e. The molecule has 2 N–H and O–H groups in total. The first-order valence-corrected chi connectivity index (χ1v) is 6.84. The Bertz CT molecular complexity index is 461. The van der Waals surface area contributed by atoms with Crippen molar-refractivity contribution in [1.29, 1.82) is 0 Å². The molecule has 0 spiro atoms. The van der Waals surface area contributed by atoms with E-state index in [1.165, 1.54) is 16.2 Å². The summed E-state index contributed by atoms with van der Waals surface area (Å²) in [6.45, 7) is 5.56. The number of aliphatic carboxylic acids is 1. The van der Waals surface area contributed by atoms with Crippen LogP contribution in [0.15, 0.2) is 5.38 Å². The molecule has 19 heavy (non-hydrogen) atoms. The molecule has 1 heterocycles. The molecule has 2 amide bonds. The van der Waals surface area contributed by atoms with E-state index < -0.39 is 17.9 Å². The van der Waals surface area contributed by atoms with Crippen molar-refractivity contribution >= 4 is 23.3 Å². The van der Waals surface area contributed by atoms with E-state index in [9.17, 15) is 9.59 Å². The molecular weight excluding hydrogens is 266 g/mol. The molecule has 0 aliphatic carbocycles. The van der Waals surface area contributed by atoms with Gasteiger partial charge in [0.1, 0.15) is 0 Å². The molecule has 2 atom stereocenters. The first kappa shape index (κ1) is 15.4. The third-order valence-electron chi connectivity index (χ3n) is 2.90. The number of carbonyl (C=O) groups excluding carboxylic acids is 1. The van der Waals surface area contributed by atoms with Crippen molar-refractivity contribution in [2.45, 2.75) is 33.4 Å². The van der Waals surface area contributed by atoms with Crippen molar-refractivity contribution in [3.8, 4) is 0 Å². The van der Waals surface area contributed by atoms with Crippen LogP contribution >= 0.6 is 11.3 Å². The highest BCUT2D eigenvalue weighted by atomic mass is 32.1. The van der Waals surface area contributed by atoms with E-state index in [1.54, 1.807) is 20.9 Å². The molecule has 0 bridgehead atoms. The molecule has 0 fully saturated rings. The van der Waals surface area contributed by atoms with Crippen molar-refractivity contribution in [3.05, 3.63) is 16.1 Å². The second kappa shape index (κ2) is 6.51. The lowest BCUT2D eigenvalue weighted by atomic mass is 10.0. The van der Waals surface area contributed by atoms with E-state index in [4.69, 9.17) is 5.11 Å². The van der Waals surface area contributed by atoms with E-state index in [0.29, 0.717) is 6.54 Å². The number of carbonyl (C=O) groups is 2. The molecular formula is C12H19N3O3S. The third kappa shape index (κ3) is 4.51. The fourth-order valence-electron chi connectivity index (χ4n) is 1.44. The topological polar surface area (TPSA) is 82.5 Å². The number of aryl methyl sites for hydroxylation is 1. The Kier molecular flexibility index (Phi) is 5.29. The Balaban J connectivity index is 2.51. The summed E-state index contributed by atoms with van der Waals surface area (Å²) in [5.41, 5.74) is 0.832. The van der Waals surface area contributed by atoms with Crippen LogP contribution in [0.25, 0.3) is 0 Å². The molecule has 2 unspecified atom stereocenters. The largest absolute Gasteiger partial charge is 0.481 e. The highest BCUT2D eigenvalue weighted by molar-refractivity contribution is 7.09. The number of amides is 2. The monoisotopic (exact) mass is 285 g/mol. The Hall–Kier alpha value is -1.63. The van der Waals surface area contributed by atoms with Crippen LogP contribution in [0.3, 0.4) is 0 Å². The van der Waals surface area contributed by atoms with Crippen LogP contribution in [-0.2, 0) is 11.3 Å². The van der Waals surface area contributed by atoms with Crippen LogP contribution in [0.1, 0.15) is 24.5 Å². The smallest absolute Gasteiger partial charge is 0.317 e. The molecule has 0 aromatic carbocycles. The van der Waals surface area contributed by atoms with Crippen LogP contribution < -0.4 is 5.32 Å². The minimum absolute atomic E-state index is 0.300. The molecule has 7 heteroatoms. The number of nitrogens with one attached hydrogen (secondary N) is 1. The zero-order valence-electron chi connectivity index (χ0n) is 11.5. The van der Waals surface area contributed by atoms with E-state index in [0.717, 1.165) is 10.7 Å². The SMILES string of the molecule is Cc1nc(CN(C)C(=O)NC(C)C(C)C(=O)O)cs1. The van der Waals surface area contributed by atoms with Gasteiger partial charge in [-0.15, -0.1) is 11.3 Å². The second-order valence-corrected chi connectivity index (χ2v) is 5.64. The van der Waals surface area contributed by atoms with Gasteiger partial charge in [0.05, 0.1) is 23.2 Å². The predicted molar refractivity (Wildman–Crippen MR) is 73.1 cm³/mol. The van der Waals surface area contributed by atoms with Crippen LogP contribution in [0, 0.1) is 12.8 Å². The number of carboxylic acids is 1. The van der Waals surface area contributed by atoms with Gasteiger partial charge >= 0.3 is 12.0 Å². The number of thiazole rings is 1. The van der Waals surface area contributed by atoms with Crippen molar-refractivity contribution in [1.82, 2.24) is 15.2 Å². The van der Waals surface area contributed by atoms with Crippen molar-refractivity contribution in [2.24, 2.45) is 5.92 Å². The van der Waals surface area contributed by atoms with E-state index in [2.05, 4.69) is 10.3 Å². The zero-order chi connectivity index (χ0) is 14.6. The summed E-state index contributed by atoms with van der Waals surface area (Å²) >= 11 is 1.53. The summed E-state index contributed by atoms with van der Waals surface area (Å²) in [6, 6.07) is -0.726. The van der Waals surface area contributed by atoms with Crippen molar-refractivity contribution in [3.63, 3.8) is 0 Å². The zero-order valence-corrected chi connectivity index (χ0v) is 12.3. The number of aromatic nitrogens is 1. The number of hydrogen-bond acceptors (Lipinski definition) is 4. The van der Waals surface area contributed by atoms with Crippen LogP contribution in [0.2, 0.25) is 0 Å². The van der Waals surface area contributed by atoms with Crippen LogP contribution in [-0.4, -0.2) is 40.1 Å². The maximum atomic E-state index is 11.9.